The normalized spacial score (nSPS) is 10.2. The third-order valence-electron chi connectivity index (χ3n) is 2.00. The molecule has 13 heavy (non-hydrogen) atoms. The van der Waals surface area contributed by atoms with E-state index in [2.05, 4.69) is 0 Å². The topological polar surface area (TPSA) is 29.5 Å². The van der Waals surface area contributed by atoms with E-state index < -0.39 is 0 Å². The van der Waals surface area contributed by atoms with Crippen LogP contribution in [0.15, 0.2) is 24.3 Å². The summed E-state index contributed by atoms with van der Waals surface area (Å²) in [5, 5.41) is 9.05. The smallest absolute Gasteiger partial charge is 0.115 e. The molecule has 72 valence electrons. The summed E-state index contributed by atoms with van der Waals surface area (Å²) in [6.45, 7) is 0.831. The Kier molecular flexibility index (Phi) is 4.33. The first-order valence-corrected chi connectivity index (χ1v) is 4.60. The molecule has 1 N–H and O–H groups in total. The van der Waals surface area contributed by atoms with Gasteiger partial charge in [0.2, 0.25) is 0 Å². The molecule has 0 radical (unpaired) electrons. The number of hydrogen-bond donors (Lipinski definition) is 1. The quantitative estimate of drug-likeness (QED) is 0.705. The maximum Gasteiger partial charge on any atom is 0.115 e. The van der Waals surface area contributed by atoms with Crippen LogP contribution in [-0.4, -0.2) is 18.8 Å². The zero-order chi connectivity index (χ0) is 9.52. The molecule has 0 saturated carbocycles. The SMILES string of the molecule is COCCCCc1ccc(O)cc1. The summed E-state index contributed by atoms with van der Waals surface area (Å²) in [5.41, 5.74) is 1.27. The van der Waals surface area contributed by atoms with Crippen LogP contribution in [0.25, 0.3) is 0 Å². The lowest BCUT2D eigenvalue weighted by atomic mass is 10.1. The monoisotopic (exact) mass is 180 g/mol. The van der Waals surface area contributed by atoms with E-state index in [1.165, 1.54) is 5.56 Å². The lowest BCUT2D eigenvalue weighted by Crippen LogP contribution is -1.90. The third-order valence-corrected chi connectivity index (χ3v) is 2.00. The number of aromatic hydroxyl groups is 1. The molecular formula is C11H16O2. The first-order chi connectivity index (χ1) is 6.33. The molecule has 0 aliphatic heterocycles. The minimum Gasteiger partial charge on any atom is -0.508 e. The molecule has 2 heteroatoms. The summed E-state index contributed by atoms with van der Waals surface area (Å²) in [6.07, 6.45) is 3.29. The number of unbranched alkanes of at least 4 members (excludes halogenated alkanes) is 1. The Morgan fingerprint density at radius 2 is 1.85 bits per heavy atom. The minimum atomic E-state index is 0.334. The average Bonchev–Trinajstić information content (AvgIpc) is 2.15. The van der Waals surface area contributed by atoms with Crippen LogP contribution in [0.5, 0.6) is 5.75 Å². The molecule has 0 amide bonds. The molecule has 0 aliphatic rings. The highest BCUT2D eigenvalue weighted by Gasteiger charge is 1.93. The first kappa shape index (κ1) is 10.1. The van der Waals surface area contributed by atoms with E-state index in [4.69, 9.17) is 9.84 Å². The summed E-state index contributed by atoms with van der Waals surface area (Å²) in [4.78, 5) is 0. The zero-order valence-corrected chi connectivity index (χ0v) is 7.99. The number of hydrogen-bond acceptors (Lipinski definition) is 2. The van der Waals surface area contributed by atoms with Crippen molar-refractivity contribution in [3.63, 3.8) is 0 Å². The van der Waals surface area contributed by atoms with Gasteiger partial charge in [-0.2, -0.15) is 0 Å². The second kappa shape index (κ2) is 5.60. The highest BCUT2D eigenvalue weighted by molar-refractivity contribution is 5.25. The number of benzene rings is 1. The second-order valence-electron chi connectivity index (χ2n) is 3.12. The fourth-order valence-corrected chi connectivity index (χ4v) is 1.24. The van der Waals surface area contributed by atoms with E-state index >= 15 is 0 Å². The molecule has 0 bridgehead atoms. The number of rotatable bonds is 5. The van der Waals surface area contributed by atoms with Crippen molar-refractivity contribution < 1.29 is 9.84 Å². The highest BCUT2D eigenvalue weighted by Crippen LogP contribution is 2.11. The van der Waals surface area contributed by atoms with Gasteiger partial charge in [0, 0.05) is 13.7 Å². The Balaban J connectivity index is 2.25. The van der Waals surface area contributed by atoms with Crippen molar-refractivity contribution in [2.45, 2.75) is 19.3 Å². The predicted octanol–water partition coefficient (Wildman–Crippen LogP) is 2.36. The van der Waals surface area contributed by atoms with Crippen molar-refractivity contribution in [3.8, 4) is 5.75 Å². The minimum absolute atomic E-state index is 0.334. The number of methoxy groups -OCH3 is 1. The molecule has 0 atom stereocenters. The van der Waals surface area contributed by atoms with E-state index in [1.54, 1.807) is 19.2 Å². The maximum absolute atomic E-state index is 9.05. The molecular weight excluding hydrogens is 164 g/mol. The Hall–Kier alpha value is -1.02. The van der Waals surface area contributed by atoms with Gasteiger partial charge in [-0.3, -0.25) is 0 Å². The zero-order valence-electron chi connectivity index (χ0n) is 7.99. The molecule has 1 aromatic rings. The third kappa shape index (κ3) is 3.95. The number of aryl methyl sites for hydroxylation is 1. The van der Waals surface area contributed by atoms with E-state index in [1.807, 2.05) is 12.1 Å². The molecule has 2 nitrogen and oxygen atoms in total. The molecule has 0 aliphatic carbocycles. The molecule has 0 fully saturated rings. The summed E-state index contributed by atoms with van der Waals surface area (Å²) in [6, 6.07) is 7.38. The summed E-state index contributed by atoms with van der Waals surface area (Å²) < 4.78 is 4.96. The predicted molar refractivity (Wildman–Crippen MR) is 52.9 cm³/mol. The van der Waals surface area contributed by atoms with E-state index in [0.29, 0.717) is 5.75 Å². The standard InChI is InChI=1S/C11H16O2/c1-13-9-3-2-4-10-5-7-11(12)8-6-10/h5-8,12H,2-4,9H2,1H3. The maximum atomic E-state index is 9.05. The first-order valence-electron chi connectivity index (χ1n) is 4.60. The van der Waals surface area contributed by atoms with Crippen molar-refractivity contribution in [3.05, 3.63) is 29.8 Å². The van der Waals surface area contributed by atoms with Crippen LogP contribution in [0.4, 0.5) is 0 Å². The van der Waals surface area contributed by atoms with Crippen LogP contribution < -0.4 is 0 Å². The molecule has 0 heterocycles. The average molecular weight is 180 g/mol. The van der Waals surface area contributed by atoms with Crippen molar-refractivity contribution in [2.24, 2.45) is 0 Å². The molecule has 1 rings (SSSR count). The fraction of sp³-hybridized carbons (Fsp3) is 0.455. The van der Waals surface area contributed by atoms with E-state index in [-0.39, 0.29) is 0 Å². The lowest BCUT2D eigenvalue weighted by molar-refractivity contribution is 0.193. The van der Waals surface area contributed by atoms with Gasteiger partial charge in [-0.05, 0) is 37.0 Å². The molecule has 0 saturated heterocycles. The Labute approximate surface area is 79.2 Å². The summed E-state index contributed by atoms with van der Waals surface area (Å²) >= 11 is 0. The van der Waals surface area contributed by atoms with Crippen LogP contribution in [0, 0.1) is 0 Å². The van der Waals surface area contributed by atoms with Crippen LogP contribution in [0.2, 0.25) is 0 Å². The Bertz CT molecular complexity index is 228. The van der Waals surface area contributed by atoms with Gasteiger partial charge in [-0.1, -0.05) is 12.1 Å². The van der Waals surface area contributed by atoms with E-state index in [0.717, 1.165) is 25.9 Å². The van der Waals surface area contributed by atoms with Gasteiger partial charge in [0.05, 0.1) is 0 Å². The van der Waals surface area contributed by atoms with Gasteiger partial charge >= 0.3 is 0 Å². The second-order valence-corrected chi connectivity index (χ2v) is 3.12. The number of phenolic OH excluding ortho intramolecular Hbond substituents is 1. The van der Waals surface area contributed by atoms with Crippen molar-refractivity contribution >= 4 is 0 Å². The summed E-state index contributed by atoms with van der Waals surface area (Å²) in [7, 11) is 1.72. The lowest BCUT2D eigenvalue weighted by Gasteiger charge is -2.01. The van der Waals surface area contributed by atoms with Crippen LogP contribution >= 0.6 is 0 Å². The fourth-order valence-electron chi connectivity index (χ4n) is 1.24. The van der Waals surface area contributed by atoms with Gasteiger partial charge in [0.25, 0.3) is 0 Å². The van der Waals surface area contributed by atoms with Crippen LogP contribution in [0.3, 0.4) is 0 Å². The van der Waals surface area contributed by atoms with Gasteiger partial charge < -0.3 is 9.84 Å². The van der Waals surface area contributed by atoms with Crippen LogP contribution in [0.1, 0.15) is 18.4 Å². The van der Waals surface area contributed by atoms with E-state index in [9.17, 15) is 0 Å². The Morgan fingerprint density at radius 3 is 2.46 bits per heavy atom. The van der Waals surface area contributed by atoms with Crippen molar-refractivity contribution in [2.75, 3.05) is 13.7 Å². The molecule has 0 spiro atoms. The van der Waals surface area contributed by atoms with Crippen molar-refractivity contribution in [1.82, 2.24) is 0 Å². The number of phenols is 1. The molecule has 0 aromatic heterocycles. The number of ether oxygens (including phenoxy) is 1. The van der Waals surface area contributed by atoms with Crippen molar-refractivity contribution in [1.29, 1.82) is 0 Å². The molecule has 0 unspecified atom stereocenters. The largest absolute Gasteiger partial charge is 0.508 e. The van der Waals surface area contributed by atoms with Crippen LogP contribution in [-0.2, 0) is 11.2 Å². The molecule has 1 aromatic carbocycles. The van der Waals surface area contributed by atoms with Gasteiger partial charge in [-0.25, -0.2) is 0 Å². The van der Waals surface area contributed by atoms with Gasteiger partial charge in [-0.15, -0.1) is 0 Å². The van der Waals surface area contributed by atoms with Gasteiger partial charge in [0.15, 0.2) is 0 Å². The summed E-state index contributed by atoms with van der Waals surface area (Å²) in [5.74, 6) is 0.334. The Morgan fingerprint density at radius 1 is 1.15 bits per heavy atom. The van der Waals surface area contributed by atoms with Gasteiger partial charge in [0.1, 0.15) is 5.75 Å². The highest BCUT2D eigenvalue weighted by atomic mass is 16.5.